The quantitative estimate of drug-likeness (QED) is 0.460. The monoisotopic (exact) mass is 368 g/mol. The molecule has 0 unspecified atom stereocenters. The molecule has 0 bridgehead atoms. The lowest BCUT2D eigenvalue weighted by atomic mass is 10.1. The van der Waals surface area contributed by atoms with Crippen LogP contribution in [0.15, 0.2) is 54.1 Å². The van der Waals surface area contributed by atoms with Crippen LogP contribution in [0.2, 0.25) is 0 Å². The van der Waals surface area contributed by atoms with Crippen molar-refractivity contribution in [2.24, 2.45) is 0 Å². The van der Waals surface area contributed by atoms with Crippen LogP contribution >= 0.6 is 0 Å². The molecule has 2 rings (SSSR count). The first kappa shape index (κ1) is 19.7. The van der Waals surface area contributed by atoms with E-state index in [0.29, 0.717) is 23.6 Å². The molecule has 27 heavy (non-hydrogen) atoms. The van der Waals surface area contributed by atoms with Crippen molar-refractivity contribution in [1.29, 1.82) is 5.26 Å². The van der Waals surface area contributed by atoms with Crippen LogP contribution < -0.4 is 10.1 Å². The van der Waals surface area contributed by atoms with Gasteiger partial charge in [0.2, 0.25) is 0 Å². The number of amides is 1. The van der Waals surface area contributed by atoms with Crippen molar-refractivity contribution < 1.29 is 23.5 Å². The highest BCUT2D eigenvalue weighted by Gasteiger charge is 2.13. The van der Waals surface area contributed by atoms with Gasteiger partial charge >= 0.3 is 5.97 Å². The third-order valence-corrected chi connectivity index (χ3v) is 3.30. The van der Waals surface area contributed by atoms with Crippen molar-refractivity contribution in [3.8, 4) is 11.8 Å². The number of esters is 1. The van der Waals surface area contributed by atoms with Crippen molar-refractivity contribution in [1.82, 2.24) is 0 Å². The highest BCUT2D eigenvalue weighted by atomic mass is 19.1. The second kappa shape index (κ2) is 9.73. The topological polar surface area (TPSA) is 88.4 Å². The summed E-state index contributed by atoms with van der Waals surface area (Å²) in [6.07, 6.45) is 1.36. The largest absolute Gasteiger partial charge is 0.494 e. The summed E-state index contributed by atoms with van der Waals surface area (Å²) in [5.74, 6) is -1.28. The zero-order valence-electron chi connectivity index (χ0n) is 14.6. The minimum absolute atomic E-state index is 0.242. The summed E-state index contributed by atoms with van der Waals surface area (Å²) in [4.78, 5) is 23.8. The zero-order valence-corrected chi connectivity index (χ0v) is 14.6. The molecule has 1 amide bonds. The Morgan fingerprint density at radius 2 is 1.81 bits per heavy atom. The minimum Gasteiger partial charge on any atom is -0.494 e. The molecule has 1 N–H and O–H groups in total. The molecule has 0 fully saturated rings. The number of anilines is 1. The molecule has 0 heterocycles. The van der Waals surface area contributed by atoms with E-state index in [4.69, 9.17) is 14.7 Å². The number of carbonyl (C=O) groups is 2. The smallest absolute Gasteiger partial charge is 0.349 e. The molecular weight excluding hydrogens is 351 g/mol. The Hall–Kier alpha value is -3.66. The van der Waals surface area contributed by atoms with Gasteiger partial charge < -0.3 is 14.8 Å². The number of benzene rings is 2. The van der Waals surface area contributed by atoms with Crippen molar-refractivity contribution in [2.75, 3.05) is 18.5 Å². The molecule has 0 aliphatic carbocycles. The second-order valence-corrected chi connectivity index (χ2v) is 5.30. The average molecular weight is 368 g/mol. The van der Waals surface area contributed by atoms with E-state index in [-0.39, 0.29) is 5.57 Å². The van der Waals surface area contributed by atoms with Crippen LogP contribution in [0.4, 0.5) is 10.1 Å². The Balaban J connectivity index is 1.93. The first-order chi connectivity index (χ1) is 13.0. The fraction of sp³-hybridized carbons (Fsp3) is 0.150. The van der Waals surface area contributed by atoms with E-state index in [1.165, 1.54) is 30.3 Å². The van der Waals surface area contributed by atoms with Gasteiger partial charge in [-0.1, -0.05) is 12.1 Å². The molecule has 0 spiro atoms. The number of nitrogens with one attached hydrogen (secondary N) is 1. The fourth-order valence-corrected chi connectivity index (χ4v) is 2.07. The van der Waals surface area contributed by atoms with Crippen LogP contribution in [0.1, 0.15) is 12.5 Å². The first-order valence-corrected chi connectivity index (χ1v) is 8.09. The minimum atomic E-state index is -0.916. The number of halogens is 1. The molecule has 2 aromatic carbocycles. The first-order valence-electron chi connectivity index (χ1n) is 8.09. The van der Waals surface area contributed by atoms with Crippen molar-refractivity contribution in [3.05, 3.63) is 65.5 Å². The van der Waals surface area contributed by atoms with Gasteiger partial charge in [-0.05, 0) is 55.0 Å². The normalized spacial score (nSPS) is 10.6. The molecule has 0 aliphatic heterocycles. The Kier molecular flexibility index (Phi) is 7.08. The number of nitriles is 1. The highest BCUT2D eigenvalue weighted by Crippen LogP contribution is 2.15. The average Bonchev–Trinajstić information content (AvgIpc) is 2.67. The van der Waals surface area contributed by atoms with Gasteiger partial charge in [-0.2, -0.15) is 5.26 Å². The maximum atomic E-state index is 12.8. The molecule has 2 aromatic rings. The second-order valence-electron chi connectivity index (χ2n) is 5.30. The van der Waals surface area contributed by atoms with Gasteiger partial charge in [0, 0.05) is 5.69 Å². The van der Waals surface area contributed by atoms with Gasteiger partial charge in [0.25, 0.3) is 5.91 Å². The lowest BCUT2D eigenvalue weighted by Gasteiger charge is -2.06. The van der Waals surface area contributed by atoms with Gasteiger partial charge in [-0.3, -0.25) is 4.79 Å². The molecule has 0 saturated heterocycles. The summed E-state index contributed by atoms with van der Waals surface area (Å²) in [7, 11) is 0. The fourth-order valence-electron chi connectivity index (χ4n) is 2.07. The van der Waals surface area contributed by atoms with Crippen molar-refractivity contribution in [2.45, 2.75) is 6.92 Å². The van der Waals surface area contributed by atoms with Gasteiger partial charge in [-0.15, -0.1) is 0 Å². The number of carbonyl (C=O) groups excluding carboxylic acids is 2. The Bertz CT molecular complexity index is 868. The molecule has 7 heteroatoms. The molecule has 0 radical (unpaired) electrons. The molecule has 138 valence electrons. The third kappa shape index (κ3) is 6.29. The van der Waals surface area contributed by atoms with Crippen LogP contribution in [0, 0.1) is 17.1 Å². The number of hydrogen-bond acceptors (Lipinski definition) is 5. The van der Waals surface area contributed by atoms with E-state index in [0.717, 1.165) is 0 Å². The number of hydrogen-bond donors (Lipinski definition) is 1. The summed E-state index contributed by atoms with van der Waals surface area (Å²) >= 11 is 0. The highest BCUT2D eigenvalue weighted by molar-refractivity contribution is 6.00. The standard InChI is InChI=1S/C20H17FN2O4/c1-2-26-18-9-3-14(4-10-18)11-15(12-22)20(25)27-13-19(24)23-17-7-5-16(21)6-8-17/h3-11H,2,13H2,1H3,(H,23,24)/b15-11+. The Labute approximate surface area is 155 Å². The molecule has 0 atom stereocenters. The van der Waals surface area contributed by atoms with Crippen LogP contribution in [-0.4, -0.2) is 25.1 Å². The molecule has 0 saturated carbocycles. The Morgan fingerprint density at radius 1 is 1.15 bits per heavy atom. The number of ether oxygens (including phenoxy) is 2. The zero-order chi connectivity index (χ0) is 19.6. The van der Waals surface area contributed by atoms with Crippen molar-refractivity contribution in [3.63, 3.8) is 0 Å². The molecule has 0 aliphatic rings. The molecule has 0 aromatic heterocycles. The maximum Gasteiger partial charge on any atom is 0.349 e. The van der Waals surface area contributed by atoms with E-state index in [2.05, 4.69) is 5.32 Å². The van der Waals surface area contributed by atoms with Gasteiger partial charge in [0.15, 0.2) is 6.61 Å². The van der Waals surface area contributed by atoms with E-state index in [9.17, 15) is 14.0 Å². The number of rotatable bonds is 7. The summed E-state index contributed by atoms with van der Waals surface area (Å²) in [5, 5.41) is 11.6. The lowest BCUT2D eigenvalue weighted by molar-refractivity contribution is -0.142. The third-order valence-electron chi connectivity index (χ3n) is 3.30. The van der Waals surface area contributed by atoms with Crippen LogP contribution in [0.3, 0.4) is 0 Å². The summed E-state index contributed by atoms with van der Waals surface area (Å²) in [6, 6.07) is 13.7. The Morgan fingerprint density at radius 3 is 2.41 bits per heavy atom. The maximum absolute atomic E-state index is 12.8. The van der Waals surface area contributed by atoms with Gasteiger partial charge in [-0.25, -0.2) is 9.18 Å². The van der Waals surface area contributed by atoms with Crippen LogP contribution in [-0.2, 0) is 14.3 Å². The van der Waals surface area contributed by atoms with E-state index in [1.54, 1.807) is 30.3 Å². The summed E-state index contributed by atoms with van der Waals surface area (Å²) < 4.78 is 23.0. The predicted molar refractivity (Wildman–Crippen MR) is 97.2 cm³/mol. The van der Waals surface area contributed by atoms with Crippen LogP contribution in [0.5, 0.6) is 5.75 Å². The summed E-state index contributed by atoms with van der Waals surface area (Å²) in [5.41, 5.74) is 0.736. The van der Waals surface area contributed by atoms with Gasteiger partial charge in [0.1, 0.15) is 23.2 Å². The van der Waals surface area contributed by atoms with E-state index < -0.39 is 24.3 Å². The van der Waals surface area contributed by atoms with E-state index >= 15 is 0 Å². The number of nitrogens with zero attached hydrogens (tertiary/aromatic N) is 1. The van der Waals surface area contributed by atoms with Crippen LogP contribution in [0.25, 0.3) is 6.08 Å². The van der Waals surface area contributed by atoms with Gasteiger partial charge in [0.05, 0.1) is 6.61 Å². The van der Waals surface area contributed by atoms with E-state index in [1.807, 2.05) is 6.92 Å². The van der Waals surface area contributed by atoms with Crippen molar-refractivity contribution >= 4 is 23.6 Å². The SMILES string of the molecule is CCOc1ccc(/C=C(\C#N)C(=O)OCC(=O)Nc2ccc(F)cc2)cc1. The lowest BCUT2D eigenvalue weighted by Crippen LogP contribution is -2.21. The summed E-state index contributed by atoms with van der Waals surface area (Å²) in [6.45, 7) is 1.83. The molecule has 6 nitrogen and oxygen atoms in total. The predicted octanol–water partition coefficient (Wildman–Crippen LogP) is 3.31. The molecular formula is C20H17FN2O4.